The van der Waals surface area contributed by atoms with E-state index in [0.717, 1.165) is 0 Å². The molecule has 1 saturated heterocycles. The van der Waals surface area contributed by atoms with Crippen molar-refractivity contribution >= 4 is 13.8 Å². The third-order valence-corrected chi connectivity index (χ3v) is 2.56. The first-order chi connectivity index (χ1) is 2.21. The molecule has 0 aromatic rings. The van der Waals surface area contributed by atoms with E-state index in [1.54, 1.807) is 5.71 Å². The van der Waals surface area contributed by atoms with Crippen molar-refractivity contribution in [2.24, 2.45) is 0 Å². The van der Waals surface area contributed by atoms with Crippen LogP contribution in [0.1, 0.15) is 0 Å². The minimum absolute atomic E-state index is 0.568. The summed E-state index contributed by atoms with van der Waals surface area (Å²) < 4.78 is 14.7. The van der Waals surface area contributed by atoms with Crippen molar-refractivity contribution in [3.63, 3.8) is 0 Å². The molecule has 30 valence electrons. The van der Waals surface area contributed by atoms with Crippen molar-refractivity contribution in [1.82, 2.24) is 0 Å². The molecule has 0 aromatic heterocycles. The first kappa shape index (κ1) is 3.51. The molecule has 0 saturated carbocycles. The van der Waals surface area contributed by atoms with Gasteiger partial charge in [-0.15, -0.1) is 0 Å². The van der Waals surface area contributed by atoms with Gasteiger partial charge in [0.05, 0.1) is 0 Å². The predicted octanol–water partition coefficient (Wildman–Crippen LogP) is 0.0583. The monoisotopic (exact) mass is 136 g/mol. The zero-order valence-electron chi connectivity index (χ0n) is 2.97. The fraction of sp³-hybridized carbons (Fsp3) is 1.00. The molecule has 0 spiro atoms. The third kappa shape index (κ3) is 0.821. The van der Waals surface area contributed by atoms with Gasteiger partial charge < -0.3 is 0 Å². The van der Waals surface area contributed by atoms with Gasteiger partial charge in [-0.05, 0) is 0 Å². The molecule has 1 aliphatic rings. The van der Waals surface area contributed by atoms with Gasteiger partial charge in [0.25, 0.3) is 0 Å². The number of hydrogen-bond acceptors (Lipinski definition) is 2. The van der Waals surface area contributed by atoms with Crippen molar-refractivity contribution in [2.75, 3.05) is 5.39 Å². The topological polar surface area (TPSA) is 29.6 Å². The van der Waals surface area contributed by atoms with Gasteiger partial charge in [-0.25, -0.2) is 0 Å². The summed E-state index contributed by atoms with van der Waals surface area (Å²) in [4.78, 5) is 0. The van der Waals surface area contributed by atoms with E-state index >= 15 is 0 Å². The van der Waals surface area contributed by atoms with Gasteiger partial charge in [0.15, 0.2) is 0 Å². The van der Waals surface area contributed by atoms with E-state index in [4.69, 9.17) is 0 Å². The van der Waals surface area contributed by atoms with Crippen LogP contribution in [0, 0.1) is 0 Å². The van der Waals surface area contributed by atoms with Gasteiger partial charge in [0, 0.05) is 0 Å². The van der Waals surface area contributed by atoms with Crippen LogP contribution in [-0.4, -0.2) is 19.2 Å². The van der Waals surface area contributed by atoms with Gasteiger partial charge in [0.2, 0.25) is 0 Å². The number of rotatable bonds is 0. The Kier molecular flexibility index (Phi) is 0.482. The maximum absolute atomic E-state index is 10.2. The van der Waals surface area contributed by atoms with Gasteiger partial charge in [-0.3, -0.25) is 0 Å². The maximum atomic E-state index is 10.2. The quantitative estimate of drug-likeness (QED) is 0.348. The van der Waals surface area contributed by atoms with Crippen molar-refractivity contribution in [3.05, 3.63) is 0 Å². The molecule has 0 bridgehead atoms. The van der Waals surface area contributed by atoms with Gasteiger partial charge in [0.1, 0.15) is 0 Å². The Balaban J connectivity index is 2.72. The zero-order chi connectivity index (χ0) is 3.91. The van der Waals surface area contributed by atoms with E-state index in [2.05, 4.69) is 3.73 Å². The Morgan fingerprint density at radius 2 is 2.20 bits per heavy atom. The van der Waals surface area contributed by atoms with E-state index in [-0.39, 0.29) is 0 Å². The summed E-state index contributed by atoms with van der Waals surface area (Å²) in [5.41, 5.74) is 1.69. The van der Waals surface area contributed by atoms with Crippen LogP contribution in [-0.2, 0) is 7.47 Å². The summed E-state index contributed by atoms with van der Waals surface area (Å²) in [5.74, 6) is 0. The Hall–Kier alpha value is 0.318. The van der Waals surface area contributed by atoms with Crippen molar-refractivity contribution in [2.45, 2.75) is 5.71 Å². The molecule has 5 heavy (non-hydrogen) atoms. The molecule has 1 heterocycles. The second kappa shape index (κ2) is 0.687. The molecule has 1 atom stereocenters. The second-order valence-corrected chi connectivity index (χ2v) is 6.61. The Morgan fingerprint density at radius 3 is 2.20 bits per heavy atom. The Morgan fingerprint density at radius 1 is 2.00 bits per heavy atom. The SMILES string of the molecule is C[As]1(=O)CO1. The summed E-state index contributed by atoms with van der Waals surface area (Å²) in [6.45, 7) is 0. The summed E-state index contributed by atoms with van der Waals surface area (Å²) in [7, 11) is 0. The molecule has 0 N–H and O–H groups in total. The zero-order valence-corrected chi connectivity index (χ0v) is 4.85. The van der Waals surface area contributed by atoms with Gasteiger partial charge in [-0.1, -0.05) is 0 Å². The van der Waals surface area contributed by atoms with Crippen LogP contribution in [0.3, 0.4) is 0 Å². The van der Waals surface area contributed by atoms with Crippen molar-refractivity contribution in [3.8, 4) is 0 Å². The fourth-order valence-corrected chi connectivity index (χ4v) is 2.20. The molecule has 1 rings (SSSR count). The molecular formula is C2H5AsO2. The molecule has 1 unspecified atom stereocenters. The minimum atomic E-state index is -2.38. The van der Waals surface area contributed by atoms with E-state index in [0.29, 0.717) is 5.39 Å². The van der Waals surface area contributed by atoms with E-state index < -0.39 is 13.8 Å². The van der Waals surface area contributed by atoms with Crippen LogP contribution in [0.5, 0.6) is 0 Å². The Bertz CT molecular complexity index is 79.6. The summed E-state index contributed by atoms with van der Waals surface area (Å²) >= 11 is -2.38. The molecular weight excluding hydrogens is 131 g/mol. The first-order valence-corrected chi connectivity index (χ1v) is 6.15. The summed E-state index contributed by atoms with van der Waals surface area (Å²) in [6.07, 6.45) is 0. The fourth-order valence-electron chi connectivity index (χ4n) is 0.0813. The normalized spacial score (nSPS) is 49.0. The van der Waals surface area contributed by atoms with Crippen molar-refractivity contribution < 1.29 is 7.47 Å². The predicted molar refractivity (Wildman–Crippen MR) is 18.3 cm³/mol. The average Bonchev–Trinajstić information content (AvgIpc) is 1.76. The standard InChI is InChI=1S/C2H5AsO2/c1-3(4)2-5-3/h2H2,1H3. The summed E-state index contributed by atoms with van der Waals surface area (Å²) in [5, 5.41) is 0.568. The van der Waals surface area contributed by atoms with E-state index in [1.165, 1.54) is 0 Å². The van der Waals surface area contributed by atoms with Crippen LogP contribution in [0.15, 0.2) is 0 Å². The molecule has 0 aromatic carbocycles. The molecule has 1 fully saturated rings. The second-order valence-electron chi connectivity index (χ2n) is 1.27. The van der Waals surface area contributed by atoms with E-state index in [9.17, 15) is 3.74 Å². The van der Waals surface area contributed by atoms with Crippen LogP contribution in [0.2, 0.25) is 5.71 Å². The molecule has 2 nitrogen and oxygen atoms in total. The van der Waals surface area contributed by atoms with Gasteiger partial charge in [-0.2, -0.15) is 0 Å². The van der Waals surface area contributed by atoms with E-state index in [1.807, 2.05) is 0 Å². The van der Waals surface area contributed by atoms with Gasteiger partial charge >= 0.3 is 32.4 Å². The van der Waals surface area contributed by atoms with Crippen molar-refractivity contribution in [1.29, 1.82) is 0 Å². The molecule has 0 amide bonds. The van der Waals surface area contributed by atoms with Crippen LogP contribution >= 0.6 is 0 Å². The van der Waals surface area contributed by atoms with Crippen LogP contribution < -0.4 is 0 Å². The van der Waals surface area contributed by atoms with Crippen LogP contribution in [0.25, 0.3) is 0 Å². The first-order valence-electron chi connectivity index (χ1n) is 1.42. The molecule has 0 aliphatic carbocycles. The summed E-state index contributed by atoms with van der Waals surface area (Å²) in [6, 6.07) is 0. The molecule has 1 aliphatic heterocycles. The molecule has 0 radical (unpaired) electrons. The average molecular weight is 136 g/mol. The Labute approximate surface area is 33.2 Å². The number of hydrogen-bond donors (Lipinski definition) is 0. The third-order valence-electron chi connectivity index (χ3n) is 0.493. The molecule has 3 heteroatoms. The van der Waals surface area contributed by atoms with Crippen LogP contribution in [0.4, 0.5) is 0 Å².